The van der Waals surface area contributed by atoms with Gasteiger partial charge in [0.2, 0.25) is 5.91 Å². The largest absolute Gasteiger partial charge is 0.369 e. The molecule has 1 atom stereocenters. The first-order chi connectivity index (χ1) is 7.13. The van der Waals surface area contributed by atoms with Gasteiger partial charge in [-0.25, -0.2) is 0 Å². The van der Waals surface area contributed by atoms with Crippen molar-refractivity contribution in [3.05, 3.63) is 11.9 Å². The van der Waals surface area contributed by atoms with Gasteiger partial charge in [-0.05, 0) is 19.4 Å². The van der Waals surface area contributed by atoms with Crippen molar-refractivity contribution in [2.75, 3.05) is 6.54 Å². The maximum atomic E-state index is 10.8. The summed E-state index contributed by atoms with van der Waals surface area (Å²) in [5, 5.41) is 7.88. The quantitative estimate of drug-likeness (QED) is 0.649. The van der Waals surface area contributed by atoms with Gasteiger partial charge in [-0.3, -0.25) is 9.48 Å². The van der Waals surface area contributed by atoms with E-state index in [1.807, 2.05) is 6.20 Å². The Morgan fingerprint density at radius 1 is 1.67 bits per heavy atom. The van der Waals surface area contributed by atoms with Crippen LogP contribution in [-0.2, 0) is 17.8 Å². The molecule has 0 bridgehead atoms. The number of amides is 1. The molecule has 15 heavy (non-hydrogen) atoms. The molecule has 1 aromatic heterocycles. The zero-order valence-electron chi connectivity index (χ0n) is 8.89. The predicted octanol–water partition coefficient (Wildman–Crippen LogP) is -0.709. The first-order valence-corrected chi connectivity index (χ1v) is 5.02. The molecule has 4 N–H and O–H groups in total. The van der Waals surface area contributed by atoms with E-state index in [-0.39, 0.29) is 11.8 Å². The maximum absolute atomic E-state index is 10.8. The lowest BCUT2D eigenvalue weighted by Gasteiger charge is -2.05. The van der Waals surface area contributed by atoms with E-state index >= 15 is 0 Å². The van der Waals surface area contributed by atoms with Crippen molar-refractivity contribution in [3.8, 4) is 0 Å². The highest BCUT2D eigenvalue weighted by atomic mass is 16.1. The minimum atomic E-state index is -0.325. The molecule has 0 aromatic carbocycles. The van der Waals surface area contributed by atoms with E-state index < -0.39 is 0 Å². The van der Waals surface area contributed by atoms with Crippen molar-refractivity contribution >= 4 is 5.91 Å². The number of carbonyl (C=O) groups excluding carboxylic acids is 1. The molecule has 1 rings (SSSR count). The van der Waals surface area contributed by atoms with E-state index in [0.717, 1.165) is 18.5 Å². The van der Waals surface area contributed by atoms with Gasteiger partial charge in [0.25, 0.3) is 0 Å². The number of nitrogens with zero attached hydrogens (tertiary/aromatic N) is 3. The zero-order chi connectivity index (χ0) is 11.3. The number of primary amides is 1. The lowest BCUT2D eigenvalue weighted by Crippen LogP contribution is -2.24. The number of hydrogen-bond acceptors (Lipinski definition) is 4. The standard InChI is InChI=1S/C9H17N5O/c1-7(9(11)15)5-14-6-8(12-13-14)3-2-4-10/h6-7H,2-5,10H2,1H3,(H2,11,15). The van der Waals surface area contributed by atoms with Gasteiger partial charge in [0, 0.05) is 6.20 Å². The van der Waals surface area contributed by atoms with Gasteiger partial charge >= 0.3 is 0 Å². The summed E-state index contributed by atoms with van der Waals surface area (Å²) >= 11 is 0. The highest BCUT2D eigenvalue weighted by Crippen LogP contribution is 2.01. The molecule has 1 unspecified atom stereocenters. The van der Waals surface area contributed by atoms with Crippen molar-refractivity contribution in [1.29, 1.82) is 0 Å². The number of aryl methyl sites for hydroxylation is 1. The molecule has 0 radical (unpaired) electrons. The number of rotatable bonds is 6. The summed E-state index contributed by atoms with van der Waals surface area (Å²) in [6, 6.07) is 0. The minimum Gasteiger partial charge on any atom is -0.369 e. The van der Waals surface area contributed by atoms with Crippen LogP contribution in [0.1, 0.15) is 19.0 Å². The topological polar surface area (TPSA) is 99.8 Å². The second-order valence-corrected chi connectivity index (χ2v) is 3.63. The maximum Gasteiger partial charge on any atom is 0.222 e. The Balaban J connectivity index is 2.49. The molecule has 0 saturated heterocycles. The Morgan fingerprint density at radius 2 is 2.40 bits per heavy atom. The molecule has 6 heteroatoms. The van der Waals surface area contributed by atoms with Crippen LogP contribution in [0.4, 0.5) is 0 Å². The molecule has 0 aliphatic rings. The molecule has 1 amide bonds. The molecule has 0 spiro atoms. The summed E-state index contributed by atoms with van der Waals surface area (Å²) in [7, 11) is 0. The fourth-order valence-corrected chi connectivity index (χ4v) is 1.20. The fourth-order valence-electron chi connectivity index (χ4n) is 1.20. The Hall–Kier alpha value is -1.43. The van der Waals surface area contributed by atoms with Crippen LogP contribution < -0.4 is 11.5 Å². The molecule has 1 aromatic rings. The Labute approximate surface area is 88.6 Å². The second-order valence-electron chi connectivity index (χ2n) is 3.63. The van der Waals surface area contributed by atoms with Crippen LogP contribution in [0.15, 0.2) is 6.20 Å². The van der Waals surface area contributed by atoms with E-state index in [4.69, 9.17) is 11.5 Å². The average Bonchev–Trinajstić information content (AvgIpc) is 2.62. The number of hydrogen-bond donors (Lipinski definition) is 2. The first kappa shape index (κ1) is 11.6. The van der Waals surface area contributed by atoms with Crippen molar-refractivity contribution in [2.45, 2.75) is 26.3 Å². The van der Waals surface area contributed by atoms with Crippen molar-refractivity contribution in [2.24, 2.45) is 17.4 Å². The SMILES string of the molecule is CC(Cn1cc(CCCN)nn1)C(N)=O. The second kappa shape index (κ2) is 5.45. The highest BCUT2D eigenvalue weighted by molar-refractivity contribution is 5.76. The number of aromatic nitrogens is 3. The van der Waals surface area contributed by atoms with Gasteiger partial charge in [-0.2, -0.15) is 0 Å². The van der Waals surface area contributed by atoms with Crippen molar-refractivity contribution < 1.29 is 4.79 Å². The zero-order valence-corrected chi connectivity index (χ0v) is 8.89. The van der Waals surface area contributed by atoms with E-state index in [1.54, 1.807) is 11.6 Å². The van der Waals surface area contributed by atoms with Crippen LogP contribution in [0.2, 0.25) is 0 Å². The minimum absolute atomic E-state index is 0.228. The van der Waals surface area contributed by atoms with Gasteiger partial charge in [0.1, 0.15) is 0 Å². The van der Waals surface area contributed by atoms with Crippen molar-refractivity contribution in [3.63, 3.8) is 0 Å². The third-order valence-electron chi connectivity index (χ3n) is 2.17. The first-order valence-electron chi connectivity index (χ1n) is 5.02. The summed E-state index contributed by atoms with van der Waals surface area (Å²) in [6.07, 6.45) is 3.54. The molecular formula is C9H17N5O. The van der Waals surface area contributed by atoms with E-state index in [9.17, 15) is 4.79 Å². The Morgan fingerprint density at radius 3 is 3.00 bits per heavy atom. The molecule has 6 nitrogen and oxygen atoms in total. The van der Waals surface area contributed by atoms with Crippen LogP contribution in [0.5, 0.6) is 0 Å². The average molecular weight is 211 g/mol. The highest BCUT2D eigenvalue weighted by Gasteiger charge is 2.10. The summed E-state index contributed by atoms with van der Waals surface area (Å²) in [6.45, 7) is 2.89. The molecule has 84 valence electrons. The summed E-state index contributed by atoms with van der Waals surface area (Å²) in [4.78, 5) is 10.8. The molecule has 0 aliphatic heterocycles. The molecule has 0 fully saturated rings. The van der Waals surface area contributed by atoms with Crippen LogP contribution >= 0.6 is 0 Å². The monoisotopic (exact) mass is 211 g/mol. The molecule has 0 saturated carbocycles. The third-order valence-corrected chi connectivity index (χ3v) is 2.17. The van der Waals surface area contributed by atoms with Crippen LogP contribution in [0.3, 0.4) is 0 Å². The lowest BCUT2D eigenvalue weighted by molar-refractivity contribution is -0.121. The molecular weight excluding hydrogens is 194 g/mol. The Bertz CT molecular complexity index is 322. The summed E-state index contributed by atoms with van der Waals surface area (Å²) < 4.78 is 1.64. The predicted molar refractivity (Wildman–Crippen MR) is 55.8 cm³/mol. The van der Waals surface area contributed by atoms with Gasteiger partial charge in [0.05, 0.1) is 18.2 Å². The van der Waals surface area contributed by atoms with E-state index in [0.29, 0.717) is 13.1 Å². The van der Waals surface area contributed by atoms with E-state index in [2.05, 4.69) is 10.3 Å². The van der Waals surface area contributed by atoms with Crippen LogP contribution in [-0.4, -0.2) is 27.4 Å². The lowest BCUT2D eigenvalue weighted by atomic mass is 10.2. The Kier molecular flexibility index (Phi) is 4.23. The van der Waals surface area contributed by atoms with Crippen LogP contribution in [0.25, 0.3) is 0 Å². The smallest absolute Gasteiger partial charge is 0.222 e. The normalized spacial score (nSPS) is 12.7. The number of carbonyl (C=O) groups is 1. The van der Waals surface area contributed by atoms with E-state index in [1.165, 1.54) is 0 Å². The van der Waals surface area contributed by atoms with Gasteiger partial charge in [-0.15, -0.1) is 5.10 Å². The van der Waals surface area contributed by atoms with Crippen LogP contribution in [0, 0.1) is 5.92 Å². The van der Waals surface area contributed by atoms with Gasteiger partial charge in [-0.1, -0.05) is 12.1 Å². The molecule has 0 aliphatic carbocycles. The summed E-state index contributed by atoms with van der Waals surface area (Å²) in [5.74, 6) is -0.553. The summed E-state index contributed by atoms with van der Waals surface area (Å²) in [5.41, 5.74) is 11.4. The van der Waals surface area contributed by atoms with Crippen molar-refractivity contribution in [1.82, 2.24) is 15.0 Å². The van der Waals surface area contributed by atoms with Gasteiger partial charge < -0.3 is 11.5 Å². The third kappa shape index (κ3) is 3.67. The number of nitrogens with two attached hydrogens (primary N) is 2. The fraction of sp³-hybridized carbons (Fsp3) is 0.667. The van der Waals surface area contributed by atoms with Gasteiger partial charge in [0.15, 0.2) is 0 Å². The molecule has 1 heterocycles.